The highest BCUT2D eigenvalue weighted by Crippen LogP contribution is 2.37. The van der Waals surface area contributed by atoms with Crippen LogP contribution in [0.3, 0.4) is 0 Å². The highest BCUT2D eigenvalue weighted by Gasteiger charge is 2.52. The predicted molar refractivity (Wildman–Crippen MR) is 159 cm³/mol. The standard InChI is InChI=1S/C30H38N2O18/c33-8-18-20(36)22(38)24(40)29(48-18)50-25-23(39)21(37)19(9-34)49-30(25)47-17-7-14-11(6-16(17)35)5-15(28(45)46)32(14)2-1-10-3-12(26(41)42)31-13(4-10)27(43)44/h1,3,6-7,13,15,18-25,29-31,33-40H,2,4-5,8-9H2,(H,41,42)(H,43,44)(H,45,46)/p+1/b10-1+/t13-,15-,18+,19+,20+,21+,22-,23-,24+,25+,29-,30+/m0/s1. The second-order valence-corrected chi connectivity index (χ2v) is 12.3. The van der Waals surface area contributed by atoms with Crippen LogP contribution in [0.4, 0.5) is 5.69 Å². The number of carboxylic acid groups (broad SMARTS) is 3. The van der Waals surface area contributed by atoms with Crippen molar-refractivity contribution < 1.29 is 94.4 Å². The van der Waals surface area contributed by atoms with Crippen molar-refractivity contribution in [2.24, 2.45) is 0 Å². The van der Waals surface area contributed by atoms with Gasteiger partial charge in [-0.3, -0.25) is 4.90 Å². The van der Waals surface area contributed by atoms with Gasteiger partial charge in [0, 0.05) is 24.5 Å². The summed E-state index contributed by atoms with van der Waals surface area (Å²) in [6, 6.07) is 0.178. The quantitative estimate of drug-likeness (QED) is 0.0949. The molecule has 5 rings (SSSR count). The molecule has 0 aromatic heterocycles. The number of quaternary nitrogens is 1. The number of ether oxygens (including phenoxy) is 4. The zero-order valence-electron chi connectivity index (χ0n) is 26.1. The average Bonchev–Trinajstić information content (AvgIpc) is 3.43. The Kier molecular flexibility index (Phi) is 11.3. The van der Waals surface area contributed by atoms with Gasteiger partial charge in [0.1, 0.15) is 66.7 Å². The van der Waals surface area contributed by atoms with Gasteiger partial charge in [-0.15, -0.1) is 0 Å². The fourth-order valence-electron chi connectivity index (χ4n) is 6.37. The fraction of sp³-hybridized carbons (Fsp3) is 0.567. The molecule has 2 saturated heterocycles. The first-order valence-electron chi connectivity index (χ1n) is 15.5. The van der Waals surface area contributed by atoms with E-state index in [0.717, 1.165) is 0 Å². The van der Waals surface area contributed by atoms with Gasteiger partial charge in [-0.2, -0.15) is 0 Å². The van der Waals surface area contributed by atoms with Crippen molar-refractivity contribution >= 4 is 23.6 Å². The summed E-state index contributed by atoms with van der Waals surface area (Å²) in [5, 5.41) is 114. The summed E-state index contributed by atoms with van der Waals surface area (Å²) in [5.74, 6) is -4.74. The molecule has 0 amide bonds. The number of benzene rings is 1. The van der Waals surface area contributed by atoms with Crippen molar-refractivity contribution in [3.63, 3.8) is 0 Å². The molecule has 20 heteroatoms. The van der Waals surface area contributed by atoms with Crippen LogP contribution in [0.25, 0.3) is 0 Å². The van der Waals surface area contributed by atoms with E-state index in [1.807, 2.05) is 0 Å². The van der Waals surface area contributed by atoms with Crippen LogP contribution in [0.1, 0.15) is 12.0 Å². The van der Waals surface area contributed by atoms with Crippen LogP contribution in [-0.2, 0) is 35.0 Å². The molecule has 1 aromatic rings. The van der Waals surface area contributed by atoms with E-state index in [1.165, 1.54) is 24.3 Å². The topological polar surface area (TPSA) is 327 Å². The van der Waals surface area contributed by atoms with Gasteiger partial charge < -0.3 is 80.4 Å². The van der Waals surface area contributed by atoms with Crippen LogP contribution in [0.2, 0.25) is 0 Å². The van der Waals surface area contributed by atoms with Gasteiger partial charge in [0.05, 0.1) is 13.2 Å². The van der Waals surface area contributed by atoms with Gasteiger partial charge in [0.15, 0.2) is 29.9 Å². The summed E-state index contributed by atoms with van der Waals surface area (Å²) >= 11 is 0. The van der Waals surface area contributed by atoms with Crippen LogP contribution in [0.5, 0.6) is 11.5 Å². The highest BCUT2D eigenvalue weighted by molar-refractivity contribution is 5.89. The lowest BCUT2D eigenvalue weighted by Gasteiger charge is -2.45. The van der Waals surface area contributed by atoms with E-state index in [1.54, 1.807) is 0 Å². The van der Waals surface area contributed by atoms with E-state index in [4.69, 9.17) is 18.9 Å². The summed E-state index contributed by atoms with van der Waals surface area (Å²) in [7, 11) is 0. The second kappa shape index (κ2) is 15.1. The fourth-order valence-corrected chi connectivity index (χ4v) is 6.37. The number of phenols is 1. The Morgan fingerprint density at radius 1 is 0.860 bits per heavy atom. The Labute approximate surface area is 282 Å². The van der Waals surface area contributed by atoms with E-state index in [9.17, 15) is 70.6 Å². The number of aliphatic hydroxyl groups excluding tert-OH is 7. The molecule has 20 nitrogen and oxygen atoms in total. The molecular weight excluding hydrogens is 676 g/mol. The van der Waals surface area contributed by atoms with Gasteiger partial charge in [-0.25, -0.2) is 14.4 Å². The number of allylic oxidation sites excluding steroid dienone is 1. The zero-order chi connectivity index (χ0) is 36.6. The summed E-state index contributed by atoms with van der Waals surface area (Å²) < 4.78 is 22.5. The van der Waals surface area contributed by atoms with E-state index in [0.29, 0.717) is 21.7 Å². The third-order valence-electron chi connectivity index (χ3n) is 9.09. The number of hydrogen-bond acceptors (Lipinski definition) is 16. The maximum absolute atomic E-state index is 12.3. The minimum absolute atomic E-state index is 0.0488. The number of rotatable bonds is 11. The number of fused-ring (bicyclic) bond motifs is 1. The number of carbonyl (C=O) groups is 3. The number of aliphatic hydroxyl groups is 7. The van der Waals surface area contributed by atoms with E-state index < -0.39 is 110 Å². The van der Waals surface area contributed by atoms with Crippen molar-refractivity contribution in [1.82, 2.24) is 5.32 Å². The summed E-state index contributed by atoms with van der Waals surface area (Å²) in [6.45, 7) is -1.68. The average molecular weight is 716 g/mol. The molecule has 4 aliphatic heterocycles. The van der Waals surface area contributed by atoms with Gasteiger partial charge in [0.2, 0.25) is 6.29 Å². The molecular formula is C30H39N2O18+. The predicted octanol–water partition coefficient (Wildman–Crippen LogP) is -5.74. The Morgan fingerprint density at radius 2 is 1.50 bits per heavy atom. The van der Waals surface area contributed by atoms with Crippen molar-refractivity contribution in [2.75, 3.05) is 19.8 Å². The molecule has 1 unspecified atom stereocenters. The first-order valence-corrected chi connectivity index (χ1v) is 15.5. The summed E-state index contributed by atoms with van der Waals surface area (Å²) in [4.78, 5) is 35.8. The number of nitrogens with one attached hydrogen (secondary N) is 2. The molecule has 0 saturated carbocycles. The van der Waals surface area contributed by atoms with Gasteiger partial charge in [0.25, 0.3) is 0 Å². The Hall–Kier alpha value is -3.93. The van der Waals surface area contributed by atoms with Gasteiger partial charge >= 0.3 is 17.9 Å². The molecule has 13 atom stereocenters. The molecule has 0 bridgehead atoms. The first kappa shape index (κ1) is 37.3. The summed E-state index contributed by atoms with van der Waals surface area (Å²) in [5.41, 5.74) is 0.673. The second-order valence-electron chi connectivity index (χ2n) is 12.3. The van der Waals surface area contributed by atoms with Gasteiger partial charge in [-0.05, 0) is 23.8 Å². The monoisotopic (exact) mass is 715 g/mol. The number of hydrogen-bond donors (Lipinski definition) is 13. The van der Waals surface area contributed by atoms with Crippen LogP contribution in [0, 0.1) is 0 Å². The minimum atomic E-state index is -1.92. The lowest BCUT2D eigenvalue weighted by Crippen LogP contribution is -3.11. The Morgan fingerprint density at radius 3 is 2.10 bits per heavy atom. The van der Waals surface area contributed by atoms with Crippen molar-refractivity contribution in [2.45, 2.75) is 86.3 Å². The van der Waals surface area contributed by atoms with E-state index >= 15 is 0 Å². The van der Waals surface area contributed by atoms with Crippen molar-refractivity contribution in [3.8, 4) is 11.5 Å². The third-order valence-corrected chi connectivity index (χ3v) is 9.09. The largest absolute Gasteiger partial charge is 0.504 e. The van der Waals surface area contributed by atoms with Crippen molar-refractivity contribution in [1.29, 1.82) is 0 Å². The SMILES string of the molecule is O=C(O)C1=C/C(=C\C[NH+]2c3cc(O[C@@H]4O[C@H](CO)[C@@H](O)[C@H](O)[C@H]4O[C@@H]4O[C@H](CO)[C@@H](O)[C@H](O)[C@H]4O)c(O)cc3C[C@H]2C(=O)O)C[C@@H](C(=O)O)N1. The smallest absolute Gasteiger partial charge is 0.363 e. The molecule has 4 heterocycles. The van der Waals surface area contributed by atoms with Crippen LogP contribution in [-0.4, -0.2) is 167 Å². The van der Waals surface area contributed by atoms with Crippen LogP contribution < -0.4 is 15.0 Å². The Bertz CT molecular complexity index is 1520. The lowest BCUT2D eigenvalue weighted by atomic mass is 9.97. The molecule has 0 spiro atoms. The zero-order valence-corrected chi connectivity index (χ0v) is 26.1. The molecule has 0 aliphatic carbocycles. The third kappa shape index (κ3) is 7.41. The van der Waals surface area contributed by atoms with Crippen molar-refractivity contribution in [3.05, 3.63) is 41.1 Å². The lowest BCUT2D eigenvalue weighted by molar-refractivity contribution is -0.838. The molecule has 276 valence electrons. The molecule has 4 aliphatic rings. The summed E-state index contributed by atoms with van der Waals surface area (Å²) in [6.07, 6.45) is -14.8. The number of phenolic OH excluding ortho intramolecular Hbond substituents is 1. The maximum Gasteiger partial charge on any atom is 0.363 e. The molecule has 2 fully saturated rings. The number of carboxylic acids is 3. The molecule has 1 aromatic carbocycles. The first-order chi connectivity index (χ1) is 23.6. The molecule has 50 heavy (non-hydrogen) atoms. The van der Waals surface area contributed by atoms with Crippen LogP contribution in [0.15, 0.2) is 35.6 Å². The van der Waals surface area contributed by atoms with E-state index in [2.05, 4.69) is 5.32 Å². The van der Waals surface area contributed by atoms with Gasteiger partial charge in [-0.1, -0.05) is 0 Å². The van der Waals surface area contributed by atoms with E-state index in [-0.39, 0.29) is 30.8 Å². The normalized spacial score (nSPS) is 37.8. The number of aliphatic carboxylic acids is 3. The Balaban J connectivity index is 1.44. The maximum atomic E-state index is 12.3. The molecule has 13 N–H and O–H groups in total. The minimum Gasteiger partial charge on any atom is -0.504 e. The highest BCUT2D eigenvalue weighted by atomic mass is 16.8. The molecule has 0 radical (unpaired) electrons. The number of aromatic hydroxyl groups is 1. The van der Waals surface area contributed by atoms with Crippen LogP contribution >= 0.6 is 0 Å².